The number of phenols is 1. The molecule has 4 aromatic rings. The van der Waals surface area contributed by atoms with Gasteiger partial charge in [-0.1, -0.05) is 42.5 Å². The number of fused-ring (bicyclic) bond motifs is 1. The third-order valence-corrected chi connectivity index (χ3v) is 5.06. The Bertz CT molecular complexity index is 1150. The molecule has 4 rings (SSSR count). The van der Waals surface area contributed by atoms with Gasteiger partial charge in [-0.25, -0.2) is 9.97 Å². The van der Waals surface area contributed by atoms with Crippen molar-refractivity contribution in [2.45, 2.75) is 26.8 Å². The van der Waals surface area contributed by atoms with Crippen LogP contribution >= 0.6 is 0 Å². The SMILES string of the molecule is Cc1ccc2ccc([C@@H](Nc3cccc(C)[nH+]3)c3ccccc3C)c(O)c2n1. The molecule has 1 atom stereocenters. The first-order chi connectivity index (χ1) is 13.5. The third-order valence-electron chi connectivity index (χ3n) is 5.06. The Labute approximate surface area is 164 Å². The van der Waals surface area contributed by atoms with Crippen molar-refractivity contribution in [1.82, 2.24) is 4.98 Å². The first kappa shape index (κ1) is 18.0. The van der Waals surface area contributed by atoms with E-state index in [1.165, 1.54) is 0 Å². The van der Waals surface area contributed by atoms with E-state index in [0.29, 0.717) is 5.52 Å². The number of H-pyrrole nitrogens is 1. The van der Waals surface area contributed by atoms with E-state index >= 15 is 0 Å². The lowest BCUT2D eigenvalue weighted by Gasteiger charge is -2.19. The van der Waals surface area contributed by atoms with E-state index < -0.39 is 0 Å². The fraction of sp³-hybridized carbons (Fsp3) is 0.167. The van der Waals surface area contributed by atoms with Crippen molar-refractivity contribution >= 4 is 16.7 Å². The van der Waals surface area contributed by atoms with Crippen LogP contribution < -0.4 is 10.3 Å². The molecule has 0 bridgehead atoms. The molecule has 0 aliphatic carbocycles. The molecule has 3 N–H and O–H groups in total. The van der Waals surface area contributed by atoms with E-state index in [2.05, 4.69) is 34.3 Å². The fourth-order valence-electron chi connectivity index (χ4n) is 3.58. The average molecular weight is 370 g/mol. The van der Waals surface area contributed by atoms with Crippen LogP contribution in [-0.2, 0) is 0 Å². The lowest BCUT2D eigenvalue weighted by Crippen LogP contribution is -2.21. The molecule has 140 valence electrons. The summed E-state index contributed by atoms with van der Waals surface area (Å²) >= 11 is 0. The summed E-state index contributed by atoms with van der Waals surface area (Å²) < 4.78 is 0. The van der Waals surface area contributed by atoms with Gasteiger partial charge >= 0.3 is 0 Å². The summed E-state index contributed by atoms with van der Waals surface area (Å²) in [5.74, 6) is 1.11. The van der Waals surface area contributed by atoms with E-state index in [1.807, 2.05) is 68.4 Å². The Morgan fingerprint density at radius 1 is 0.857 bits per heavy atom. The molecule has 0 unspecified atom stereocenters. The molecule has 4 heteroatoms. The molecule has 0 saturated carbocycles. The molecule has 2 aromatic carbocycles. The summed E-state index contributed by atoms with van der Waals surface area (Å²) in [5.41, 5.74) is 5.64. The van der Waals surface area contributed by atoms with Crippen molar-refractivity contribution in [1.29, 1.82) is 0 Å². The van der Waals surface area contributed by atoms with Gasteiger partial charge in [-0.3, -0.25) is 5.32 Å². The van der Waals surface area contributed by atoms with E-state index in [9.17, 15) is 5.11 Å². The number of nitrogens with zero attached hydrogens (tertiary/aromatic N) is 1. The minimum Gasteiger partial charge on any atom is -0.505 e. The molecule has 0 fully saturated rings. The van der Waals surface area contributed by atoms with Gasteiger partial charge in [-0.2, -0.15) is 0 Å². The van der Waals surface area contributed by atoms with E-state index in [4.69, 9.17) is 0 Å². The van der Waals surface area contributed by atoms with Crippen LogP contribution in [0.25, 0.3) is 10.9 Å². The van der Waals surface area contributed by atoms with Crippen LogP contribution in [0.4, 0.5) is 5.82 Å². The summed E-state index contributed by atoms with van der Waals surface area (Å²) in [7, 11) is 0. The van der Waals surface area contributed by atoms with E-state index in [-0.39, 0.29) is 11.8 Å². The quantitative estimate of drug-likeness (QED) is 0.538. The Kier molecular flexibility index (Phi) is 4.70. The van der Waals surface area contributed by atoms with Gasteiger partial charge in [0, 0.05) is 28.3 Å². The number of pyridine rings is 2. The number of hydrogen-bond acceptors (Lipinski definition) is 3. The molecule has 0 saturated heterocycles. The van der Waals surface area contributed by atoms with Gasteiger partial charge in [-0.05, 0) is 44.5 Å². The molecule has 2 aromatic heterocycles. The summed E-state index contributed by atoms with van der Waals surface area (Å²) in [6, 6.07) is 22.0. The number of rotatable bonds is 4. The molecule has 0 spiro atoms. The van der Waals surface area contributed by atoms with Gasteiger partial charge in [0.1, 0.15) is 17.3 Å². The summed E-state index contributed by atoms with van der Waals surface area (Å²) in [6.45, 7) is 6.04. The zero-order chi connectivity index (χ0) is 19.7. The van der Waals surface area contributed by atoms with Crippen molar-refractivity contribution in [3.05, 3.63) is 94.8 Å². The van der Waals surface area contributed by atoms with Crippen LogP contribution in [-0.4, -0.2) is 10.1 Å². The monoisotopic (exact) mass is 370 g/mol. The largest absolute Gasteiger partial charge is 0.505 e. The number of aryl methyl sites for hydroxylation is 3. The number of phenolic OH excluding ortho intramolecular Hbond substituents is 1. The van der Waals surface area contributed by atoms with Crippen molar-refractivity contribution in [3.8, 4) is 5.75 Å². The van der Waals surface area contributed by atoms with Crippen LogP contribution in [0.1, 0.15) is 34.1 Å². The number of hydrogen-bond donors (Lipinski definition) is 2. The second-order valence-electron chi connectivity index (χ2n) is 7.21. The first-order valence-corrected chi connectivity index (χ1v) is 9.43. The Hall–Kier alpha value is -3.40. The second-order valence-corrected chi connectivity index (χ2v) is 7.21. The summed E-state index contributed by atoms with van der Waals surface area (Å²) in [5, 5.41) is 15.6. The highest BCUT2D eigenvalue weighted by atomic mass is 16.3. The normalized spacial score (nSPS) is 12.1. The Morgan fingerprint density at radius 3 is 2.43 bits per heavy atom. The van der Waals surface area contributed by atoms with Gasteiger partial charge < -0.3 is 5.11 Å². The molecular formula is C24H24N3O+. The maximum atomic E-state index is 11.1. The van der Waals surface area contributed by atoms with Crippen molar-refractivity contribution in [3.63, 3.8) is 0 Å². The minimum absolute atomic E-state index is 0.217. The third kappa shape index (κ3) is 3.41. The molecule has 0 aliphatic rings. The molecule has 0 amide bonds. The maximum absolute atomic E-state index is 11.1. The standard InChI is InChI=1S/C24H23N3O/c1-15-7-4-5-9-19(15)23(27-21-10-6-8-16(2)25-21)20-14-13-18-12-11-17(3)26-22(18)24(20)28/h4-14,23,28H,1-3H3,(H,25,27)/p+1/t23-/m0/s1. The zero-order valence-electron chi connectivity index (χ0n) is 16.3. The van der Waals surface area contributed by atoms with Crippen LogP contribution in [0.5, 0.6) is 5.75 Å². The molecule has 2 heterocycles. The summed E-state index contributed by atoms with van der Waals surface area (Å²) in [4.78, 5) is 7.92. The van der Waals surface area contributed by atoms with Gasteiger partial charge in [-0.15, -0.1) is 0 Å². The lowest BCUT2D eigenvalue weighted by atomic mass is 9.93. The van der Waals surface area contributed by atoms with Gasteiger partial charge in [0.2, 0.25) is 0 Å². The molecule has 28 heavy (non-hydrogen) atoms. The molecule has 0 radical (unpaired) electrons. The Balaban J connectivity index is 1.89. The highest BCUT2D eigenvalue weighted by Gasteiger charge is 2.25. The second kappa shape index (κ2) is 7.31. The van der Waals surface area contributed by atoms with E-state index in [1.54, 1.807) is 0 Å². The number of benzene rings is 2. The van der Waals surface area contributed by atoms with Gasteiger partial charge in [0.15, 0.2) is 0 Å². The number of aromatic amines is 1. The van der Waals surface area contributed by atoms with Crippen LogP contribution in [0.15, 0.2) is 66.7 Å². The minimum atomic E-state index is -0.217. The molecule has 0 aliphatic heterocycles. The van der Waals surface area contributed by atoms with Gasteiger partial charge in [0.05, 0.1) is 5.69 Å². The fourth-order valence-corrected chi connectivity index (χ4v) is 3.58. The van der Waals surface area contributed by atoms with Gasteiger partial charge in [0.25, 0.3) is 5.82 Å². The molecule has 4 nitrogen and oxygen atoms in total. The maximum Gasteiger partial charge on any atom is 0.273 e. The van der Waals surface area contributed by atoms with E-state index in [0.717, 1.165) is 39.3 Å². The number of nitrogens with one attached hydrogen (secondary N) is 2. The highest BCUT2D eigenvalue weighted by Crippen LogP contribution is 2.37. The average Bonchev–Trinajstić information content (AvgIpc) is 2.68. The first-order valence-electron chi connectivity index (χ1n) is 9.43. The van der Waals surface area contributed by atoms with Crippen LogP contribution in [0.2, 0.25) is 0 Å². The van der Waals surface area contributed by atoms with Crippen LogP contribution in [0.3, 0.4) is 0 Å². The van der Waals surface area contributed by atoms with Crippen molar-refractivity contribution in [2.24, 2.45) is 0 Å². The number of aromatic nitrogens is 2. The predicted octanol–water partition coefficient (Wildman–Crippen LogP) is 4.88. The highest BCUT2D eigenvalue weighted by molar-refractivity contribution is 5.86. The summed E-state index contributed by atoms with van der Waals surface area (Å²) in [6.07, 6.45) is 0. The number of anilines is 1. The van der Waals surface area contributed by atoms with Crippen LogP contribution in [0, 0.1) is 20.8 Å². The van der Waals surface area contributed by atoms with Crippen molar-refractivity contribution < 1.29 is 10.1 Å². The Morgan fingerprint density at radius 2 is 1.64 bits per heavy atom. The number of aromatic hydroxyl groups is 1. The topological polar surface area (TPSA) is 59.3 Å². The van der Waals surface area contributed by atoms with Crippen molar-refractivity contribution in [2.75, 3.05) is 5.32 Å². The molecular weight excluding hydrogens is 346 g/mol. The predicted molar refractivity (Wildman–Crippen MR) is 113 cm³/mol. The smallest absolute Gasteiger partial charge is 0.273 e. The lowest BCUT2D eigenvalue weighted by molar-refractivity contribution is -0.371. The zero-order valence-corrected chi connectivity index (χ0v) is 16.3.